The third kappa shape index (κ3) is 6.93. The highest BCUT2D eigenvalue weighted by Crippen LogP contribution is 2.17. The Balaban J connectivity index is 0. The molecule has 3 heteroatoms. The van der Waals surface area contributed by atoms with Gasteiger partial charge in [0.15, 0.2) is 0 Å². The van der Waals surface area contributed by atoms with E-state index in [0.29, 0.717) is 21.9 Å². The molecule has 0 aromatic heterocycles. The molecule has 0 bridgehead atoms. The Bertz CT molecular complexity index is 239. The summed E-state index contributed by atoms with van der Waals surface area (Å²) in [5, 5.41) is 0.962. The molecule has 1 aromatic rings. The van der Waals surface area contributed by atoms with Gasteiger partial charge in [-0.3, -0.25) is 4.79 Å². The van der Waals surface area contributed by atoms with Crippen molar-refractivity contribution in [3.63, 3.8) is 0 Å². The lowest BCUT2D eigenvalue weighted by Crippen LogP contribution is -1.77. The van der Waals surface area contributed by atoms with Crippen LogP contribution in [-0.4, -0.2) is 6.29 Å². The van der Waals surface area contributed by atoms with Crippen LogP contribution in [0, 0.1) is 0 Å². The van der Waals surface area contributed by atoms with Gasteiger partial charge in [-0.1, -0.05) is 50.9 Å². The molecule has 0 radical (unpaired) electrons. The fourth-order valence-corrected chi connectivity index (χ4v) is 1.19. The van der Waals surface area contributed by atoms with Crippen molar-refractivity contribution >= 4 is 29.5 Å². The number of halogens is 2. The van der Waals surface area contributed by atoms with Crippen molar-refractivity contribution in [2.75, 3.05) is 0 Å². The van der Waals surface area contributed by atoms with E-state index in [1.54, 1.807) is 18.2 Å². The predicted molar refractivity (Wildman–Crippen MR) is 64.5 cm³/mol. The molecule has 0 unspecified atom stereocenters. The van der Waals surface area contributed by atoms with Gasteiger partial charge in [-0.25, -0.2) is 0 Å². The van der Waals surface area contributed by atoms with E-state index in [1.165, 1.54) is 0 Å². The van der Waals surface area contributed by atoms with Crippen LogP contribution in [0.15, 0.2) is 18.2 Å². The second-order valence-electron chi connectivity index (χ2n) is 1.82. The summed E-state index contributed by atoms with van der Waals surface area (Å²) in [6.07, 6.45) is 0.706. The van der Waals surface area contributed by atoms with E-state index < -0.39 is 0 Å². The van der Waals surface area contributed by atoms with Crippen molar-refractivity contribution in [2.45, 2.75) is 27.7 Å². The summed E-state index contributed by atoms with van der Waals surface area (Å²) < 4.78 is 0. The minimum Gasteiger partial charge on any atom is -0.298 e. The van der Waals surface area contributed by atoms with Crippen LogP contribution in [0.5, 0.6) is 0 Å². The molecule has 14 heavy (non-hydrogen) atoms. The molecular weight excluding hydrogens is 219 g/mol. The van der Waals surface area contributed by atoms with Gasteiger partial charge in [0.1, 0.15) is 6.29 Å². The molecule has 1 aromatic carbocycles. The summed E-state index contributed by atoms with van der Waals surface area (Å²) in [4.78, 5) is 10.2. The Kier molecular flexibility index (Phi) is 12.0. The smallest absolute Gasteiger partial charge is 0.150 e. The van der Waals surface area contributed by atoms with Crippen molar-refractivity contribution in [1.29, 1.82) is 0 Å². The molecule has 0 fully saturated rings. The van der Waals surface area contributed by atoms with Gasteiger partial charge in [-0.2, -0.15) is 0 Å². The fraction of sp³-hybridized carbons (Fsp3) is 0.364. The maximum Gasteiger partial charge on any atom is 0.150 e. The van der Waals surface area contributed by atoms with Gasteiger partial charge in [0.05, 0.1) is 0 Å². The Morgan fingerprint density at radius 1 is 0.929 bits per heavy atom. The highest BCUT2D eigenvalue weighted by molar-refractivity contribution is 6.35. The molecule has 1 nitrogen and oxygen atoms in total. The number of aldehydes is 1. The van der Waals surface area contributed by atoms with Gasteiger partial charge in [0.2, 0.25) is 0 Å². The molecule has 0 saturated carbocycles. The SMILES string of the molecule is CC.CC.O=Cc1cc(Cl)cc(Cl)c1. The van der Waals surface area contributed by atoms with Gasteiger partial charge < -0.3 is 0 Å². The van der Waals surface area contributed by atoms with Crippen molar-refractivity contribution in [3.05, 3.63) is 33.8 Å². The number of benzene rings is 1. The van der Waals surface area contributed by atoms with E-state index >= 15 is 0 Å². The zero-order chi connectivity index (χ0) is 11.6. The summed E-state index contributed by atoms with van der Waals surface area (Å²) in [7, 11) is 0. The first-order valence-corrected chi connectivity index (χ1v) is 5.39. The minimum atomic E-state index is 0.481. The Hall–Kier alpha value is -0.530. The molecule has 0 heterocycles. The lowest BCUT2D eigenvalue weighted by molar-refractivity contribution is 0.112. The summed E-state index contributed by atoms with van der Waals surface area (Å²) in [5.41, 5.74) is 0.498. The number of carbonyl (C=O) groups excluding carboxylic acids is 1. The van der Waals surface area contributed by atoms with Crippen LogP contribution in [0.2, 0.25) is 10.0 Å². The predicted octanol–water partition coefficient (Wildman–Crippen LogP) is 4.86. The number of rotatable bonds is 1. The Labute approximate surface area is 96.0 Å². The molecule has 0 aliphatic heterocycles. The second-order valence-corrected chi connectivity index (χ2v) is 2.69. The summed E-state index contributed by atoms with van der Waals surface area (Å²) in [5.74, 6) is 0. The highest BCUT2D eigenvalue weighted by atomic mass is 35.5. The van der Waals surface area contributed by atoms with E-state index in [2.05, 4.69) is 0 Å². The molecule has 0 spiro atoms. The van der Waals surface area contributed by atoms with Crippen molar-refractivity contribution in [1.82, 2.24) is 0 Å². The highest BCUT2D eigenvalue weighted by Gasteiger charge is 1.94. The Morgan fingerprint density at radius 2 is 1.29 bits per heavy atom. The maximum absolute atomic E-state index is 10.2. The van der Waals surface area contributed by atoms with E-state index in [1.807, 2.05) is 27.7 Å². The number of hydrogen-bond donors (Lipinski definition) is 0. The van der Waals surface area contributed by atoms with Gasteiger partial charge in [-0.05, 0) is 18.2 Å². The standard InChI is InChI=1S/C7H4Cl2O.2C2H6/c8-6-1-5(4-10)2-7(9)3-6;2*1-2/h1-4H;2*1-2H3. The second kappa shape index (κ2) is 10.6. The normalized spacial score (nSPS) is 7.57. The third-order valence-corrected chi connectivity index (χ3v) is 1.46. The molecule has 0 aliphatic rings. The number of hydrogen-bond acceptors (Lipinski definition) is 1. The monoisotopic (exact) mass is 234 g/mol. The zero-order valence-corrected chi connectivity index (χ0v) is 10.5. The first-order chi connectivity index (χ1) is 6.72. The van der Waals surface area contributed by atoms with Gasteiger partial charge >= 0.3 is 0 Å². The van der Waals surface area contributed by atoms with Crippen LogP contribution < -0.4 is 0 Å². The third-order valence-electron chi connectivity index (χ3n) is 1.02. The Morgan fingerprint density at radius 3 is 1.57 bits per heavy atom. The average molecular weight is 235 g/mol. The van der Waals surface area contributed by atoms with Crippen molar-refractivity contribution < 1.29 is 4.79 Å². The van der Waals surface area contributed by atoms with Gasteiger partial charge in [-0.15, -0.1) is 0 Å². The van der Waals surface area contributed by atoms with Crippen molar-refractivity contribution in [2.24, 2.45) is 0 Å². The zero-order valence-electron chi connectivity index (χ0n) is 8.97. The quantitative estimate of drug-likeness (QED) is 0.635. The van der Waals surface area contributed by atoms with Crippen LogP contribution in [0.1, 0.15) is 38.1 Å². The number of carbonyl (C=O) groups is 1. The average Bonchev–Trinajstić information content (AvgIpc) is 2.22. The summed E-state index contributed by atoms with van der Waals surface area (Å²) in [6.45, 7) is 8.00. The molecule has 0 N–H and O–H groups in total. The molecular formula is C11H16Cl2O. The molecule has 0 aliphatic carbocycles. The van der Waals surface area contributed by atoms with Gasteiger partial charge in [0, 0.05) is 15.6 Å². The molecule has 0 saturated heterocycles. The lowest BCUT2D eigenvalue weighted by atomic mass is 10.2. The largest absolute Gasteiger partial charge is 0.298 e. The molecule has 0 amide bonds. The molecule has 0 atom stereocenters. The van der Waals surface area contributed by atoms with E-state index in [0.717, 1.165) is 0 Å². The fourth-order valence-electron chi connectivity index (χ4n) is 0.643. The van der Waals surface area contributed by atoms with Crippen LogP contribution in [0.4, 0.5) is 0 Å². The summed E-state index contributed by atoms with van der Waals surface area (Å²) >= 11 is 11.2. The molecule has 1 rings (SSSR count). The maximum atomic E-state index is 10.2. The van der Waals surface area contributed by atoms with Crippen LogP contribution >= 0.6 is 23.2 Å². The van der Waals surface area contributed by atoms with Crippen molar-refractivity contribution in [3.8, 4) is 0 Å². The minimum absolute atomic E-state index is 0.481. The molecule has 80 valence electrons. The topological polar surface area (TPSA) is 17.1 Å². The van der Waals surface area contributed by atoms with Crippen LogP contribution in [-0.2, 0) is 0 Å². The first-order valence-electron chi connectivity index (χ1n) is 4.63. The lowest BCUT2D eigenvalue weighted by Gasteiger charge is -1.92. The van der Waals surface area contributed by atoms with Gasteiger partial charge in [0.25, 0.3) is 0 Å². The van der Waals surface area contributed by atoms with E-state index in [4.69, 9.17) is 23.2 Å². The van der Waals surface area contributed by atoms with Crippen LogP contribution in [0.3, 0.4) is 0 Å². The van der Waals surface area contributed by atoms with Crippen LogP contribution in [0.25, 0.3) is 0 Å². The first kappa shape index (κ1) is 15.9. The summed E-state index contributed by atoms with van der Waals surface area (Å²) in [6, 6.07) is 4.69. The van der Waals surface area contributed by atoms with E-state index in [-0.39, 0.29) is 0 Å². The van der Waals surface area contributed by atoms with E-state index in [9.17, 15) is 4.79 Å².